The second-order valence-electron chi connectivity index (χ2n) is 5.45. The van der Waals surface area contributed by atoms with Crippen LogP contribution in [-0.2, 0) is 4.79 Å². The quantitative estimate of drug-likeness (QED) is 0.936. The number of aliphatic carboxylic acids is 1. The van der Waals surface area contributed by atoms with E-state index < -0.39 is 12.0 Å². The predicted octanol–water partition coefficient (Wildman–Crippen LogP) is 3.68. The van der Waals surface area contributed by atoms with Crippen molar-refractivity contribution in [1.29, 1.82) is 0 Å². The van der Waals surface area contributed by atoms with Gasteiger partial charge in [0.05, 0.1) is 6.26 Å². The van der Waals surface area contributed by atoms with Crippen LogP contribution in [0.5, 0.6) is 0 Å². The summed E-state index contributed by atoms with van der Waals surface area (Å²) in [6, 6.07) is 7.43. The number of piperidine rings is 1. The van der Waals surface area contributed by atoms with Crippen LogP contribution in [0, 0.1) is 6.92 Å². The smallest absolute Gasteiger partial charge is 0.320 e. The Morgan fingerprint density at radius 2 is 2.29 bits per heavy atom. The maximum absolute atomic E-state index is 11.6. The minimum atomic E-state index is -0.737. The Morgan fingerprint density at radius 3 is 2.90 bits per heavy atom. The third kappa shape index (κ3) is 2.89. The van der Waals surface area contributed by atoms with Crippen molar-refractivity contribution in [2.75, 3.05) is 6.54 Å². The van der Waals surface area contributed by atoms with Gasteiger partial charge in [-0.05, 0) is 44.0 Å². The van der Waals surface area contributed by atoms with E-state index in [0.717, 1.165) is 30.0 Å². The van der Waals surface area contributed by atoms with Crippen molar-refractivity contribution in [2.45, 2.75) is 38.3 Å². The van der Waals surface area contributed by atoms with Gasteiger partial charge >= 0.3 is 5.97 Å². The third-order valence-corrected chi connectivity index (χ3v) is 5.06. The van der Waals surface area contributed by atoms with Gasteiger partial charge in [-0.3, -0.25) is 9.69 Å². The number of rotatable bonds is 4. The van der Waals surface area contributed by atoms with Crippen LogP contribution in [0.2, 0.25) is 0 Å². The lowest BCUT2D eigenvalue weighted by molar-refractivity contribution is -0.145. The van der Waals surface area contributed by atoms with Gasteiger partial charge in [0, 0.05) is 16.3 Å². The summed E-state index contributed by atoms with van der Waals surface area (Å²) in [5, 5.41) is 9.54. The van der Waals surface area contributed by atoms with E-state index in [1.807, 2.05) is 12.1 Å². The summed E-state index contributed by atoms with van der Waals surface area (Å²) in [6.45, 7) is 2.86. The molecule has 2 aromatic rings. The molecule has 0 bridgehead atoms. The summed E-state index contributed by atoms with van der Waals surface area (Å²) in [5.41, 5.74) is 0. The van der Waals surface area contributed by atoms with Gasteiger partial charge in [0.1, 0.15) is 17.8 Å². The average Bonchev–Trinajstić information content (AvgIpc) is 3.12. The third-order valence-electron chi connectivity index (χ3n) is 4.00. The Bertz CT molecular complexity index is 605. The molecular formula is C16H19NO3S. The van der Waals surface area contributed by atoms with Crippen molar-refractivity contribution in [1.82, 2.24) is 4.90 Å². The first kappa shape index (κ1) is 14.4. The van der Waals surface area contributed by atoms with Crippen molar-refractivity contribution in [2.24, 2.45) is 0 Å². The number of carboxylic acids is 1. The SMILES string of the molecule is Cc1ccc(C(c2ccco2)N2CCCCC2C(=O)O)s1. The molecule has 0 amide bonds. The molecule has 3 heterocycles. The summed E-state index contributed by atoms with van der Waals surface area (Å²) in [6.07, 6.45) is 4.37. The molecule has 3 rings (SSSR count). The number of hydrogen-bond acceptors (Lipinski definition) is 4. The van der Waals surface area contributed by atoms with Crippen molar-refractivity contribution in [3.05, 3.63) is 46.0 Å². The highest BCUT2D eigenvalue weighted by Crippen LogP contribution is 2.37. The van der Waals surface area contributed by atoms with E-state index >= 15 is 0 Å². The highest BCUT2D eigenvalue weighted by atomic mass is 32.1. The van der Waals surface area contributed by atoms with Crippen molar-refractivity contribution in [3.8, 4) is 0 Å². The summed E-state index contributed by atoms with van der Waals surface area (Å²) < 4.78 is 5.61. The average molecular weight is 305 g/mol. The molecule has 1 N–H and O–H groups in total. The van der Waals surface area contributed by atoms with E-state index in [1.54, 1.807) is 17.6 Å². The minimum Gasteiger partial charge on any atom is -0.480 e. The molecular weight excluding hydrogens is 286 g/mol. The highest BCUT2D eigenvalue weighted by Gasteiger charge is 2.36. The summed E-state index contributed by atoms with van der Waals surface area (Å²) in [5.74, 6) is 0.0875. The molecule has 0 spiro atoms. The van der Waals surface area contributed by atoms with Gasteiger partial charge in [0.25, 0.3) is 0 Å². The Balaban J connectivity index is 2.00. The van der Waals surface area contributed by atoms with Gasteiger partial charge in [-0.1, -0.05) is 6.42 Å². The first-order valence-electron chi connectivity index (χ1n) is 7.25. The van der Waals surface area contributed by atoms with Crippen LogP contribution in [0.1, 0.15) is 40.8 Å². The lowest BCUT2D eigenvalue weighted by Gasteiger charge is -2.37. The number of likely N-dealkylation sites (tertiary alicyclic amines) is 1. The van der Waals surface area contributed by atoms with Crippen LogP contribution in [0.3, 0.4) is 0 Å². The van der Waals surface area contributed by atoms with Gasteiger partial charge in [0.2, 0.25) is 0 Å². The second kappa shape index (κ2) is 6.03. The van der Waals surface area contributed by atoms with Crippen molar-refractivity contribution >= 4 is 17.3 Å². The van der Waals surface area contributed by atoms with Gasteiger partial charge in [0.15, 0.2) is 0 Å². The first-order valence-corrected chi connectivity index (χ1v) is 8.07. The molecule has 5 heteroatoms. The van der Waals surface area contributed by atoms with Gasteiger partial charge in [-0.15, -0.1) is 11.3 Å². The van der Waals surface area contributed by atoms with E-state index in [0.29, 0.717) is 6.42 Å². The van der Waals surface area contributed by atoms with Crippen molar-refractivity contribution < 1.29 is 14.3 Å². The standard InChI is InChI=1S/C16H19NO3S/c1-11-7-8-14(21-11)15(13-6-4-10-20-13)17-9-3-2-5-12(17)16(18)19/h4,6-8,10,12,15H,2-3,5,9H2,1H3,(H,18,19). The van der Waals surface area contributed by atoms with E-state index in [4.69, 9.17) is 4.42 Å². The van der Waals surface area contributed by atoms with Crippen LogP contribution < -0.4 is 0 Å². The van der Waals surface area contributed by atoms with Crippen LogP contribution >= 0.6 is 11.3 Å². The summed E-state index contributed by atoms with van der Waals surface area (Å²) in [7, 11) is 0. The zero-order valence-corrected chi connectivity index (χ0v) is 12.8. The zero-order valence-electron chi connectivity index (χ0n) is 12.0. The van der Waals surface area contributed by atoms with Gasteiger partial charge < -0.3 is 9.52 Å². The molecule has 112 valence electrons. The Hall–Kier alpha value is -1.59. The number of hydrogen-bond donors (Lipinski definition) is 1. The fourth-order valence-electron chi connectivity index (χ4n) is 3.04. The Labute approximate surface area is 128 Å². The van der Waals surface area contributed by atoms with Gasteiger partial charge in [-0.2, -0.15) is 0 Å². The largest absolute Gasteiger partial charge is 0.480 e. The molecule has 2 unspecified atom stereocenters. The summed E-state index contributed by atoms with van der Waals surface area (Å²) in [4.78, 5) is 16.1. The first-order chi connectivity index (χ1) is 10.2. The number of nitrogens with zero attached hydrogens (tertiary/aromatic N) is 1. The van der Waals surface area contributed by atoms with Gasteiger partial charge in [-0.25, -0.2) is 0 Å². The van der Waals surface area contributed by atoms with E-state index in [9.17, 15) is 9.90 Å². The molecule has 1 aliphatic rings. The fraction of sp³-hybridized carbons (Fsp3) is 0.438. The van der Waals surface area contributed by atoms with Crippen LogP contribution in [0.4, 0.5) is 0 Å². The second-order valence-corrected chi connectivity index (χ2v) is 6.77. The Kier molecular flexibility index (Phi) is 4.12. The topological polar surface area (TPSA) is 53.7 Å². The molecule has 0 saturated carbocycles. The van der Waals surface area contributed by atoms with Crippen LogP contribution in [0.15, 0.2) is 34.9 Å². The number of furan rings is 1. The number of aryl methyl sites for hydroxylation is 1. The minimum absolute atomic E-state index is 0.0971. The lowest BCUT2D eigenvalue weighted by Crippen LogP contribution is -2.46. The molecule has 2 aromatic heterocycles. The lowest BCUT2D eigenvalue weighted by atomic mass is 9.98. The number of carboxylic acid groups (broad SMARTS) is 1. The molecule has 0 radical (unpaired) electrons. The van der Waals surface area contributed by atoms with Crippen LogP contribution in [-0.4, -0.2) is 28.6 Å². The highest BCUT2D eigenvalue weighted by molar-refractivity contribution is 7.12. The number of thiophene rings is 1. The normalized spacial score (nSPS) is 21.3. The predicted molar refractivity (Wildman–Crippen MR) is 81.6 cm³/mol. The van der Waals surface area contributed by atoms with E-state index in [2.05, 4.69) is 24.0 Å². The molecule has 1 aliphatic heterocycles. The molecule has 1 fully saturated rings. The van der Waals surface area contributed by atoms with E-state index in [1.165, 1.54) is 4.88 Å². The molecule has 4 nitrogen and oxygen atoms in total. The zero-order chi connectivity index (χ0) is 14.8. The number of carbonyl (C=O) groups is 1. The molecule has 21 heavy (non-hydrogen) atoms. The Morgan fingerprint density at radius 1 is 1.43 bits per heavy atom. The van der Waals surface area contributed by atoms with Crippen LogP contribution in [0.25, 0.3) is 0 Å². The monoisotopic (exact) mass is 305 g/mol. The fourth-order valence-corrected chi connectivity index (χ4v) is 4.05. The van der Waals surface area contributed by atoms with Crippen molar-refractivity contribution in [3.63, 3.8) is 0 Å². The molecule has 0 aliphatic carbocycles. The molecule has 1 saturated heterocycles. The molecule has 2 atom stereocenters. The molecule has 0 aromatic carbocycles. The maximum atomic E-state index is 11.6. The van der Waals surface area contributed by atoms with E-state index in [-0.39, 0.29) is 6.04 Å². The summed E-state index contributed by atoms with van der Waals surface area (Å²) >= 11 is 1.71. The maximum Gasteiger partial charge on any atom is 0.320 e.